The summed E-state index contributed by atoms with van der Waals surface area (Å²) in [7, 11) is 3.32. The lowest BCUT2D eigenvalue weighted by molar-refractivity contribution is -0.128. The van der Waals surface area contributed by atoms with E-state index in [2.05, 4.69) is 0 Å². The van der Waals surface area contributed by atoms with E-state index < -0.39 is 5.82 Å². The Morgan fingerprint density at radius 1 is 1.22 bits per heavy atom. The molecule has 32 heavy (non-hydrogen) atoms. The van der Waals surface area contributed by atoms with Crippen LogP contribution in [0.2, 0.25) is 0 Å². The summed E-state index contributed by atoms with van der Waals surface area (Å²) in [6, 6.07) is 4.75. The molecule has 1 saturated heterocycles. The van der Waals surface area contributed by atoms with Gasteiger partial charge in [0.2, 0.25) is 5.91 Å². The molecule has 2 atom stereocenters. The van der Waals surface area contributed by atoms with E-state index in [0.29, 0.717) is 35.7 Å². The third-order valence-electron chi connectivity index (χ3n) is 7.29. The van der Waals surface area contributed by atoms with Crippen molar-refractivity contribution in [3.8, 4) is 5.75 Å². The monoisotopic (exact) mass is 446 g/mol. The second-order valence-corrected chi connectivity index (χ2v) is 10.2. The maximum Gasteiger partial charge on any atom is 0.410 e. The molecule has 0 spiro atoms. The van der Waals surface area contributed by atoms with E-state index in [4.69, 9.17) is 9.47 Å². The number of carbonyl (C=O) groups excluding carboxylic acids is 2. The lowest BCUT2D eigenvalue weighted by Gasteiger charge is -2.32. The number of carbonyl (C=O) groups is 2. The molecule has 3 fully saturated rings. The van der Waals surface area contributed by atoms with E-state index in [-0.39, 0.29) is 24.0 Å². The van der Waals surface area contributed by atoms with Gasteiger partial charge < -0.3 is 19.3 Å². The van der Waals surface area contributed by atoms with Gasteiger partial charge in [-0.25, -0.2) is 9.18 Å². The van der Waals surface area contributed by atoms with Crippen molar-refractivity contribution in [1.82, 2.24) is 9.80 Å². The number of hydrogen-bond acceptors (Lipinski definition) is 4. The lowest BCUT2D eigenvalue weighted by atomic mass is 9.91. The number of likely N-dealkylation sites (N-methyl/N-ethyl adjacent to an activating group) is 1. The Balaban J connectivity index is 1.14. The van der Waals surface area contributed by atoms with Crippen LogP contribution in [-0.4, -0.2) is 61.2 Å². The molecule has 2 saturated carbocycles. The van der Waals surface area contributed by atoms with Crippen LogP contribution >= 0.6 is 0 Å². The molecule has 1 aromatic rings. The van der Waals surface area contributed by atoms with Gasteiger partial charge in [-0.05, 0) is 74.8 Å². The predicted molar refractivity (Wildman–Crippen MR) is 119 cm³/mol. The van der Waals surface area contributed by atoms with Crippen molar-refractivity contribution in [2.24, 2.45) is 17.8 Å². The van der Waals surface area contributed by atoms with Crippen LogP contribution < -0.4 is 4.74 Å². The van der Waals surface area contributed by atoms with Crippen LogP contribution in [0.1, 0.15) is 51.0 Å². The van der Waals surface area contributed by atoms with Gasteiger partial charge in [0, 0.05) is 33.3 Å². The fourth-order valence-electron chi connectivity index (χ4n) is 4.65. The minimum atomic E-state index is -0.400. The van der Waals surface area contributed by atoms with Gasteiger partial charge in [0.1, 0.15) is 17.2 Å². The molecule has 0 N–H and O–H groups in total. The second kappa shape index (κ2) is 9.28. The number of hydrogen-bond donors (Lipinski definition) is 0. The highest BCUT2D eigenvalue weighted by Crippen LogP contribution is 2.50. The highest BCUT2D eigenvalue weighted by atomic mass is 19.1. The molecular weight excluding hydrogens is 411 g/mol. The Labute approximate surface area is 190 Å². The van der Waals surface area contributed by atoms with Crippen LogP contribution in [0.4, 0.5) is 9.18 Å². The molecule has 1 aromatic carbocycles. The molecule has 1 unspecified atom stereocenters. The van der Waals surface area contributed by atoms with Gasteiger partial charge >= 0.3 is 6.09 Å². The van der Waals surface area contributed by atoms with Crippen LogP contribution in [0.25, 0.3) is 0 Å². The van der Waals surface area contributed by atoms with Crippen molar-refractivity contribution in [1.29, 1.82) is 0 Å². The smallest absolute Gasteiger partial charge is 0.410 e. The van der Waals surface area contributed by atoms with Crippen molar-refractivity contribution in [3.05, 3.63) is 29.6 Å². The Kier molecular flexibility index (Phi) is 6.63. The van der Waals surface area contributed by atoms with Crippen LogP contribution in [0, 0.1) is 23.6 Å². The van der Waals surface area contributed by atoms with E-state index in [9.17, 15) is 14.0 Å². The second-order valence-electron chi connectivity index (χ2n) is 10.2. The summed E-state index contributed by atoms with van der Waals surface area (Å²) in [5, 5.41) is 0. The standard InChI is InChI=1S/C25H35FN2O4/c1-25(9-10-25)32-24(30)28-11-6-17(7-12-28)21-14-18(21)8-13-31-20-5-4-19(22(26)16-20)15-23(29)27(2)3/h4-5,16-18,21H,6-15H2,1-3H3/t18?,21-/m1/s1. The van der Waals surface area contributed by atoms with Crippen LogP contribution in [0.5, 0.6) is 5.75 Å². The maximum atomic E-state index is 14.3. The quantitative estimate of drug-likeness (QED) is 0.599. The van der Waals surface area contributed by atoms with Crippen molar-refractivity contribution in [3.63, 3.8) is 0 Å². The fraction of sp³-hybridized carbons (Fsp3) is 0.680. The Bertz CT molecular complexity index is 846. The summed E-state index contributed by atoms with van der Waals surface area (Å²) in [5.41, 5.74) is 0.183. The summed E-state index contributed by atoms with van der Waals surface area (Å²) in [6.07, 6.45) is 6.15. The molecule has 2 amide bonds. The molecule has 6 nitrogen and oxygen atoms in total. The Hall–Kier alpha value is -2.31. The Morgan fingerprint density at radius 3 is 2.56 bits per heavy atom. The number of nitrogens with zero attached hydrogens (tertiary/aromatic N) is 2. The average molecular weight is 447 g/mol. The molecule has 2 aliphatic carbocycles. The summed E-state index contributed by atoms with van der Waals surface area (Å²) in [5.74, 6) is 2.03. The molecule has 0 aromatic heterocycles. The van der Waals surface area contributed by atoms with Crippen LogP contribution in [0.15, 0.2) is 18.2 Å². The van der Waals surface area contributed by atoms with E-state index in [1.807, 2.05) is 11.8 Å². The largest absolute Gasteiger partial charge is 0.493 e. The zero-order valence-electron chi connectivity index (χ0n) is 19.4. The Morgan fingerprint density at radius 2 is 1.94 bits per heavy atom. The van der Waals surface area contributed by atoms with Gasteiger partial charge in [-0.2, -0.15) is 0 Å². The van der Waals surface area contributed by atoms with Gasteiger partial charge in [-0.3, -0.25) is 4.79 Å². The molecule has 0 radical (unpaired) electrons. The molecule has 176 valence electrons. The first-order chi connectivity index (χ1) is 15.2. The minimum absolute atomic E-state index is 0.0543. The highest BCUT2D eigenvalue weighted by molar-refractivity contribution is 5.78. The highest BCUT2D eigenvalue weighted by Gasteiger charge is 2.45. The molecule has 1 aliphatic heterocycles. The zero-order chi connectivity index (χ0) is 22.9. The maximum absolute atomic E-state index is 14.3. The number of rotatable bonds is 8. The molecule has 3 aliphatic rings. The van der Waals surface area contributed by atoms with E-state index in [1.54, 1.807) is 26.2 Å². The number of halogens is 1. The topological polar surface area (TPSA) is 59.1 Å². The van der Waals surface area contributed by atoms with Crippen molar-refractivity contribution in [2.75, 3.05) is 33.8 Å². The summed E-state index contributed by atoms with van der Waals surface area (Å²) in [4.78, 5) is 27.4. The van der Waals surface area contributed by atoms with Gasteiger partial charge in [-0.15, -0.1) is 0 Å². The van der Waals surface area contributed by atoms with Gasteiger partial charge in [-0.1, -0.05) is 6.07 Å². The molecule has 7 heteroatoms. The third kappa shape index (κ3) is 5.73. The first-order valence-electron chi connectivity index (χ1n) is 11.8. The van der Waals surface area contributed by atoms with E-state index >= 15 is 0 Å². The summed E-state index contributed by atoms with van der Waals surface area (Å²) < 4.78 is 25.6. The molecule has 0 bridgehead atoms. The molecule has 1 heterocycles. The lowest BCUT2D eigenvalue weighted by Crippen LogP contribution is -2.40. The zero-order valence-corrected chi connectivity index (χ0v) is 19.4. The SMILES string of the molecule is CN(C)C(=O)Cc1ccc(OCCC2C[C@@H]2C2CCN(C(=O)OC3(C)CC3)CC2)cc1F. The first-order valence-corrected chi connectivity index (χ1v) is 11.8. The van der Waals surface area contributed by atoms with Crippen molar-refractivity contribution in [2.45, 2.75) is 57.5 Å². The number of amides is 2. The summed E-state index contributed by atoms with van der Waals surface area (Å²) >= 11 is 0. The summed E-state index contributed by atoms with van der Waals surface area (Å²) in [6.45, 7) is 4.16. The fourth-order valence-corrected chi connectivity index (χ4v) is 4.65. The minimum Gasteiger partial charge on any atom is -0.493 e. The normalized spacial score (nSPS) is 24.1. The van der Waals surface area contributed by atoms with E-state index in [1.165, 1.54) is 17.4 Å². The number of likely N-dealkylation sites (tertiary alicyclic amines) is 1. The van der Waals surface area contributed by atoms with Crippen molar-refractivity contribution < 1.29 is 23.5 Å². The van der Waals surface area contributed by atoms with Gasteiger partial charge in [0.25, 0.3) is 0 Å². The van der Waals surface area contributed by atoms with Crippen LogP contribution in [-0.2, 0) is 16.0 Å². The van der Waals surface area contributed by atoms with E-state index in [0.717, 1.165) is 45.2 Å². The number of ether oxygens (including phenoxy) is 2. The van der Waals surface area contributed by atoms with Gasteiger partial charge in [0.15, 0.2) is 0 Å². The first kappa shape index (κ1) is 22.9. The molecular formula is C25H35FN2O4. The van der Waals surface area contributed by atoms with Gasteiger partial charge in [0.05, 0.1) is 13.0 Å². The number of piperidine rings is 1. The van der Waals surface area contributed by atoms with Crippen molar-refractivity contribution >= 4 is 12.0 Å². The third-order valence-corrected chi connectivity index (χ3v) is 7.29. The predicted octanol–water partition coefficient (Wildman–Crippen LogP) is 4.26. The molecule has 4 rings (SSSR count). The number of benzene rings is 1. The van der Waals surface area contributed by atoms with Crippen LogP contribution in [0.3, 0.4) is 0 Å². The average Bonchev–Trinajstić information content (AvgIpc) is 3.68.